The Morgan fingerprint density at radius 1 is 1.19 bits per heavy atom. The molecule has 190 valence electrons. The smallest absolute Gasteiger partial charge is 0.264 e. The molecule has 11 heteroatoms. The molecule has 4 aromatic rings. The van der Waals surface area contributed by atoms with Crippen LogP contribution in [0.15, 0.2) is 65.8 Å². The molecule has 0 radical (unpaired) electrons. The van der Waals surface area contributed by atoms with E-state index >= 15 is 0 Å². The van der Waals surface area contributed by atoms with E-state index < -0.39 is 11.7 Å². The molecule has 2 aromatic heterocycles. The first-order chi connectivity index (χ1) is 17.9. The number of nitrogens with zero attached hydrogens (tertiary/aromatic N) is 5. The molecule has 0 saturated carbocycles. The first-order valence-electron chi connectivity index (χ1n) is 11.8. The Bertz CT molecular complexity index is 1530. The number of hydrogen-bond acceptors (Lipinski definition) is 6. The van der Waals surface area contributed by atoms with Gasteiger partial charge in [0.1, 0.15) is 23.3 Å². The zero-order valence-electron chi connectivity index (χ0n) is 20.1. The molecule has 3 heterocycles. The summed E-state index contributed by atoms with van der Waals surface area (Å²) in [6, 6.07) is 13.4. The molecule has 1 fully saturated rings. The van der Waals surface area contributed by atoms with E-state index in [1.54, 1.807) is 54.5 Å². The van der Waals surface area contributed by atoms with Gasteiger partial charge < -0.3 is 15.0 Å². The molecule has 5 rings (SSSR count). The van der Waals surface area contributed by atoms with Gasteiger partial charge in [0.2, 0.25) is 11.8 Å². The fourth-order valence-electron chi connectivity index (χ4n) is 4.42. The van der Waals surface area contributed by atoms with E-state index in [1.807, 2.05) is 0 Å². The fourth-order valence-corrected chi connectivity index (χ4v) is 4.42. The second-order valence-corrected chi connectivity index (χ2v) is 8.77. The molecular weight excluding hydrogens is 479 g/mol. The molecule has 1 aliphatic rings. The normalized spacial score (nSPS) is 15.4. The van der Waals surface area contributed by atoms with E-state index in [4.69, 9.17) is 4.74 Å². The number of halogens is 1. The molecule has 1 aliphatic heterocycles. The van der Waals surface area contributed by atoms with Crippen LogP contribution in [0, 0.1) is 11.7 Å². The average Bonchev–Trinajstić information content (AvgIpc) is 3.51. The summed E-state index contributed by atoms with van der Waals surface area (Å²) in [5, 5.41) is 7.40. The van der Waals surface area contributed by atoms with Crippen molar-refractivity contribution in [3.05, 3.63) is 82.8 Å². The minimum absolute atomic E-state index is 0.0581. The van der Waals surface area contributed by atoms with Crippen LogP contribution < -0.4 is 20.5 Å². The van der Waals surface area contributed by atoms with Gasteiger partial charge in [0, 0.05) is 36.8 Å². The average molecular weight is 505 g/mol. The summed E-state index contributed by atoms with van der Waals surface area (Å²) < 4.78 is 22.1. The predicted molar refractivity (Wildman–Crippen MR) is 134 cm³/mol. The Kier molecular flexibility index (Phi) is 6.67. The zero-order chi connectivity index (χ0) is 25.9. The van der Waals surface area contributed by atoms with Crippen molar-refractivity contribution in [1.82, 2.24) is 24.6 Å². The van der Waals surface area contributed by atoms with Gasteiger partial charge in [-0.25, -0.2) is 14.1 Å². The molecule has 0 bridgehead atoms. The van der Waals surface area contributed by atoms with Gasteiger partial charge in [-0.15, -0.1) is 0 Å². The number of fused-ring (bicyclic) bond motifs is 1. The van der Waals surface area contributed by atoms with E-state index in [1.165, 1.54) is 27.8 Å². The van der Waals surface area contributed by atoms with Gasteiger partial charge in [-0.3, -0.25) is 19.0 Å². The molecule has 0 aliphatic carbocycles. The monoisotopic (exact) mass is 504 g/mol. The van der Waals surface area contributed by atoms with Gasteiger partial charge >= 0.3 is 0 Å². The first kappa shape index (κ1) is 24.2. The van der Waals surface area contributed by atoms with Crippen LogP contribution in [-0.2, 0) is 22.7 Å². The minimum atomic E-state index is -0.475. The lowest BCUT2D eigenvalue weighted by atomic mass is 10.1. The highest BCUT2D eigenvalue weighted by molar-refractivity contribution is 6.00. The largest absolute Gasteiger partial charge is 0.497 e. The van der Waals surface area contributed by atoms with E-state index in [0.717, 1.165) is 0 Å². The molecule has 10 nitrogen and oxygen atoms in total. The summed E-state index contributed by atoms with van der Waals surface area (Å²) in [7, 11) is 1.56. The third kappa shape index (κ3) is 4.92. The Hall–Kier alpha value is -4.54. The number of aromatic nitrogens is 4. The number of benzene rings is 2. The standard InChI is InChI=1S/C26H25FN6O4/c1-37-20-7-4-6-19(12-20)32-15-18(11-23(32)34)25(35)28-9-10-33-24-21(13-30-33)26(36)31(16-29-24)14-17-5-2-3-8-22(17)27/h2-8,12-13,16,18H,9-11,14-15H2,1H3,(H,28,35). The van der Waals surface area contributed by atoms with Crippen LogP contribution in [0.4, 0.5) is 10.1 Å². The van der Waals surface area contributed by atoms with Crippen molar-refractivity contribution < 1.29 is 18.7 Å². The number of hydrogen-bond donors (Lipinski definition) is 1. The van der Waals surface area contributed by atoms with Crippen LogP contribution in [0.1, 0.15) is 12.0 Å². The van der Waals surface area contributed by atoms with Crippen molar-refractivity contribution in [3.63, 3.8) is 0 Å². The van der Waals surface area contributed by atoms with Gasteiger partial charge in [0.05, 0.1) is 32.3 Å². The summed E-state index contributed by atoms with van der Waals surface area (Å²) >= 11 is 0. The predicted octanol–water partition coefficient (Wildman–Crippen LogP) is 1.96. The Morgan fingerprint density at radius 3 is 2.84 bits per heavy atom. The molecular formula is C26H25FN6O4. The Balaban J connectivity index is 1.20. The van der Waals surface area contributed by atoms with Gasteiger partial charge in [0.25, 0.3) is 5.56 Å². The third-order valence-electron chi connectivity index (χ3n) is 6.40. The Labute approximate surface area is 211 Å². The summed E-state index contributed by atoms with van der Waals surface area (Å²) in [5.41, 5.74) is 1.13. The van der Waals surface area contributed by atoms with Crippen molar-refractivity contribution >= 4 is 28.5 Å². The molecule has 1 atom stereocenters. The maximum atomic E-state index is 14.0. The van der Waals surface area contributed by atoms with Crippen LogP contribution >= 0.6 is 0 Å². The van der Waals surface area contributed by atoms with Crippen LogP contribution in [0.25, 0.3) is 11.0 Å². The van der Waals surface area contributed by atoms with Crippen LogP contribution in [0.5, 0.6) is 5.75 Å². The van der Waals surface area contributed by atoms with Gasteiger partial charge in [-0.2, -0.15) is 5.10 Å². The lowest BCUT2D eigenvalue weighted by molar-refractivity contribution is -0.126. The number of ether oxygens (including phenoxy) is 1. The number of amides is 2. The van der Waals surface area contributed by atoms with Crippen molar-refractivity contribution in [2.45, 2.75) is 19.5 Å². The molecule has 2 amide bonds. The molecule has 1 unspecified atom stereocenters. The second-order valence-electron chi connectivity index (χ2n) is 8.77. The van der Waals surface area contributed by atoms with E-state index in [2.05, 4.69) is 15.4 Å². The van der Waals surface area contributed by atoms with Gasteiger partial charge in [-0.05, 0) is 18.2 Å². The Morgan fingerprint density at radius 2 is 2.03 bits per heavy atom. The highest BCUT2D eigenvalue weighted by Crippen LogP contribution is 2.28. The SMILES string of the molecule is COc1cccc(N2CC(C(=O)NCCn3ncc4c(=O)n(Cc5ccccc5F)cnc43)CC2=O)c1. The third-order valence-corrected chi connectivity index (χ3v) is 6.40. The number of nitrogens with one attached hydrogen (secondary N) is 1. The van der Waals surface area contributed by atoms with Crippen molar-refractivity contribution in [3.8, 4) is 5.75 Å². The summed E-state index contributed by atoms with van der Waals surface area (Å²) in [6.45, 7) is 0.882. The molecule has 37 heavy (non-hydrogen) atoms. The van der Waals surface area contributed by atoms with Crippen molar-refractivity contribution in [1.29, 1.82) is 0 Å². The quantitative estimate of drug-likeness (QED) is 0.393. The topological polar surface area (TPSA) is 111 Å². The minimum Gasteiger partial charge on any atom is -0.497 e. The lowest BCUT2D eigenvalue weighted by Gasteiger charge is -2.17. The van der Waals surface area contributed by atoms with E-state index in [0.29, 0.717) is 34.6 Å². The maximum Gasteiger partial charge on any atom is 0.264 e. The number of carbonyl (C=O) groups is 2. The van der Waals surface area contributed by atoms with Crippen molar-refractivity contribution in [2.24, 2.45) is 5.92 Å². The summed E-state index contributed by atoms with van der Waals surface area (Å²) in [5.74, 6) is -0.580. The van der Waals surface area contributed by atoms with Crippen LogP contribution in [0.3, 0.4) is 0 Å². The lowest BCUT2D eigenvalue weighted by Crippen LogP contribution is -2.35. The first-order valence-corrected chi connectivity index (χ1v) is 11.8. The van der Waals surface area contributed by atoms with E-state index in [-0.39, 0.29) is 43.4 Å². The highest BCUT2D eigenvalue weighted by Gasteiger charge is 2.35. The van der Waals surface area contributed by atoms with E-state index in [9.17, 15) is 18.8 Å². The molecule has 1 saturated heterocycles. The van der Waals surface area contributed by atoms with Gasteiger partial charge in [0.15, 0.2) is 5.65 Å². The number of rotatable bonds is 8. The highest BCUT2D eigenvalue weighted by atomic mass is 19.1. The molecule has 1 N–H and O–H groups in total. The number of anilines is 1. The number of methoxy groups -OCH3 is 1. The fraction of sp³-hybridized carbons (Fsp3) is 0.269. The van der Waals surface area contributed by atoms with Gasteiger partial charge in [-0.1, -0.05) is 24.3 Å². The maximum absolute atomic E-state index is 14.0. The molecule has 0 spiro atoms. The summed E-state index contributed by atoms with van der Waals surface area (Å²) in [4.78, 5) is 44.0. The van der Waals surface area contributed by atoms with Crippen LogP contribution in [0.2, 0.25) is 0 Å². The summed E-state index contributed by atoms with van der Waals surface area (Å²) in [6.07, 6.45) is 2.91. The van der Waals surface area contributed by atoms with Crippen molar-refractivity contribution in [2.75, 3.05) is 25.1 Å². The zero-order valence-corrected chi connectivity index (χ0v) is 20.1. The van der Waals surface area contributed by atoms with Crippen LogP contribution in [-0.4, -0.2) is 51.3 Å². The molecule has 2 aromatic carbocycles. The second kappa shape index (κ2) is 10.2. The number of carbonyl (C=O) groups excluding carboxylic acids is 2.